The van der Waals surface area contributed by atoms with E-state index in [9.17, 15) is 9.59 Å². The number of aromatic nitrogens is 2. The van der Waals surface area contributed by atoms with Crippen LogP contribution in [0.2, 0.25) is 0 Å². The van der Waals surface area contributed by atoms with Gasteiger partial charge in [-0.3, -0.25) is 0 Å². The van der Waals surface area contributed by atoms with E-state index >= 15 is 0 Å². The Kier molecular flexibility index (Phi) is 2.87. The van der Waals surface area contributed by atoms with Gasteiger partial charge in [-0.25, -0.2) is 9.78 Å². The van der Waals surface area contributed by atoms with Crippen LogP contribution in [0.5, 0.6) is 0 Å². The molecular formula is C6H6N2O3S. The summed E-state index contributed by atoms with van der Waals surface area (Å²) in [7, 11) is 0. The zero-order valence-electron chi connectivity index (χ0n) is 5.98. The van der Waals surface area contributed by atoms with Gasteiger partial charge in [0.05, 0.1) is 11.9 Å². The first kappa shape index (κ1) is 8.79. The quantitative estimate of drug-likeness (QED) is 0.525. The van der Waals surface area contributed by atoms with Crippen LogP contribution in [-0.4, -0.2) is 33.1 Å². The number of carboxylic acids is 1. The van der Waals surface area contributed by atoms with Gasteiger partial charge in [0.15, 0.2) is 5.16 Å². The van der Waals surface area contributed by atoms with Crippen LogP contribution in [0.1, 0.15) is 10.5 Å². The molecule has 12 heavy (non-hydrogen) atoms. The van der Waals surface area contributed by atoms with E-state index in [0.29, 0.717) is 5.16 Å². The van der Waals surface area contributed by atoms with E-state index in [4.69, 9.17) is 5.11 Å². The third kappa shape index (κ3) is 2.09. The van der Waals surface area contributed by atoms with Crippen molar-refractivity contribution in [3.05, 3.63) is 11.9 Å². The van der Waals surface area contributed by atoms with Crippen molar-refractivity contribution in [1.29, 1.82) is 0 Å². The molecule has 64 valence electrons. The largest absolute Gasteiger partial charge is 0.477 e. The van der Waals surface area contributed by atoms with Gasteiger partial charge in [-0.05, 0) is 0 Å². The summed E-state index contributed by atoms with van der Waals surface area (Å²) >= 11 is 1.16. The van der Waals surface area contributed by atoms with Crippen LogP contribution in [0.3, 0.4) is 0 Å². The SMILES string of the molecule is O=CCSc1ncc(C(=O)O)[nH]1. The van der Waals surface area contributed by atoms with Gasteiger partial charge in [-0.15, -0.1) is 0 Å². The van der Waals surface area contributed by atoms with Gasteiger partial charge in [0, 0.05) is 0 Å². The molecule has 0 radical (unpaired) electrons. The number of imidazole rings is 1. The Bertz CT molecular complexity index is 297. The van der Waals surface area contributed by atoms with Crippen molar-refractivity contribution in [3.8, 4) is 0 Å². The van der Waals surface area contributed by atoms with Crippen molar-refractivity contribution in [2.75, 3.05) is 5.75 Å². The lowest BCUT2D eigenvalue weighted by Crippen LogP contribution is -1.95. The highest BCUT2D eigenvalue weighted by atomic mass is 32.2. The standard InChI is InChI=1S/C6H6N2O3S/c9-1-2-12-6-7-3-4(8-6)5(10)11/h1,3H,2H2,(H,7,8)(H,10,11). The van der Waals surface area contributed by atoms with Gasteiger partial charge in [0.2, 0.25) is 0 Å². The molecule has 0 atom stereocenters. The molecule has 0 bridgehead atoms. The predicted octanol–water partition coefficient (Wildman–Crippen LogP) is 0.399. The number of hydrogen-bond donors (Lipinski definition) is 2. The van der Waals surface area contributed by atoms with Crippen LogP contribution in [0.4, 0.5) is 0 Å². The second kappa shape index (κ2) is 3.91. The molecule has 5 nitrogen and oxygen atoms in total. The summed E-state index contributed by atoms with van der Waals surface area (Å²) in [5.74, 6) is -0.785. The number of rotatable bonds is 4. The molecule has 1 rings (SSSR count). The maximum absolute atomic E-state index is 10.3. The Labute approximate surface area is 72.2 Å². The number of carboxylic acid groups (broad SMARTS) is 1. The number of aldehydes is 1. The molecule has 0 unspecified atom stereocenters. The maximum Gasteiger partial charge on any atom is 0.353 e. The third-order valence-corrected chi connectivity index (χ3v) is 1.85. The number of carbonyl (C=O) groups excluding carboxylic acids is 1. The molecule has 0 saturated carbocycles. The summed E-state index contributed by atoms with van der Waals surface area (Å²) < 4.78 is 0. The van der Waals surface area contributed by atoms with Gasteiger partial charge in [0.25, 0.3) is 0 Å². The van der Waals surface area contributed by atoms with E-state index in [1.165, 1.54) is 6.20 Å². The summed E-state index contributed by atoms with van der Waals surface area (Å²) in [6, 6.07) is 0. The zero-order valence-corrected chi connectivity index (χ0v) is 6.80. The highest BCUT2D eigenvalue weighted by molar-refractivity contribution is 7.99. The monoisotopic (exact) mass is 186 g/mol. The van der Waals surface area contributed by atoms with E-state index in [1.54, 1.807) is 0 Å². The number of aromatic carboxylic acids is 1. The first-order valence-electron chi connectivity index (χ1n) is 3.08. The average Bonchev–Trinajstić information content (AvgIpc) is 2.48. The molecular weight excluding hydrogens is 180 g/mol. The lowest BCUT2D eigenvalue weighted by atomic mass is 10.5. The average molecular weight is 186 g/mol. The van der Waals surface area contributed by atoms with Gasteiger partial charge in [0.1, 0.15) is 12.0 Å². The molecule has 0 amide bonds. The summed E-state index contributed by atoms with van der Waals surface area (Å²) in [6.45, 7) is 0. The molecule has 0 fully saturated rings. The molecule has 6 heteroatoms. The van der Waals surface area contributed by atoms with Gasteiger partial charge in [-0.2, -0.15) is 0 Å². The maximum atomic E-state index is 10.3. The lowest BCUT2D eigenvalue weighted by Gasteiger charge is -1.87. The van der Waals surface area contributed by atoms with Crippen molar-refractivity contribution >= 4 is 24.0 Å². The Morgan fingerprint density at radius 2 is 2.58 bits per heavy atom. The molecule has 1 aromatic rings. The minimum absolute atomic E-state index is 0.0309. The first-order valence-corrected chi connectivity index (χ1v) is 4.07. The van der Waals surface area contributed by atoms with Gasteiger partial charge >= 0.3 is 5.97 Å². The summed E-state index contributed by atoms with van der Waals surface area (Å²) in [6.07, 6.45) is 1.95. The molecule has 0 saturated heterocycles. The second-order valence-corrected chi connectivity index (χ2v) is 2.89. The number of nitrogens with zero attached hydrogens (tertiary/aromatic N) is 1. The van der Waals surface area contributed by atoms with Crippen molar-refractivity contribution in [1.82, 2.24) is 9.97 Å². The highest BCUT2D eigenvalue weighted by Gasteiger charge is 2.06. The van der Waals surface area contributed by atoms with Crippen LogP contribution in [-0.2, 0) is 4.79 Å². The Balaban J connectivity index is 2.64. The minimum Gasteiger partial charge on any atom is -0.477 e. The molecule has 2 N–H and O–H groups in total. The minimum atomic E-state index is -1.06. The number of nitrogens with one attached hydrogen (secondary N) is 1. The Morgan fingerprint density at radius 1 is 1.83 bits per heavy atom. The topological polar surface area (TPSA) is 83.1 Å². The lowest BCUT2D eigenvalue weighted by molar-refractivity contribution is -0.105. The smallest absolute Gasteiger partial charge is 0.353 e. The molecule has 0 aliphatic rings. The van der Waals surface area contributed by atoms with E-state index < -0.39 is 5.97 Å². The van der Waals surface area contributed by atoms with Crippen LogP contribution < -0.4 is 0 Å². The van der Waals surface area contributed by atoms with Gasteiger partial charge < -0.3 is 14.9 Å². The summed E-state index contributed by atoms with van der Waals surface area (Å²) in [5.41, 5.74) is 0.0309. The second-order valence-electron chi connectivity index (χ2n) is 1.88. The number of thioether (sulfide) groups is 1. The van der Waals surface area contributed by atoms with Crippen molar-refractivity contribution in [2.24, 2.45) is 0 Å². The normalized spacial score (nSPS) is 9.67. The molecule has 0 spiro atoms. The van der Waals surface area contributed by atoms with E-state index in [1.807, 2.05) is 0 Å². The van der Waals surface area contributed by atoms with Crippen LogP contribution in [0.25, 0.3) is 0 Å². The number of carbonyl (C=O) groups is 2. The Hall–Kier alpha value is -1.30. The van der Waals surface area contributed by atoms with E-state index in [2.05, 4.69) is 9.97 Å². The fourth-order valence-electron chi connectivity index (χ4n) is 0.598. The summed E-state index contributed by atoms with van der Waals surface area (Å²) in [5, 5.41) is 8.92. The number of hydrogen-bond acceptors (Lipinski definition) is 4. The van der Waals surface area contributed by atoms with Crippen LogP contribution in [0.15, 0.2) is 11.4 Å². The molecule has 0 aromatic carbocycles. The van der Waals surface area contributed by atoms with Crippen molar-refractivity contribution in [3.63, 3.8) is 0 Å². The molecule has 1 heterocycles. The third-order valence-electron chi connectivity index (χ3n) is 1.07. The van der Waals surface area contributed by atoms with Gasteiger partial charge in [-0.1, -0.05) is 11.8 Å². The van der Waals surface area contributed by atoms with Crippen LogP contribution >= 0.6 is 11.8 Å². The predicted molar refractivity (Wildman–Crippen MR) is 42.3 cm³/mol. The van der Waals surface area contributed by atoms with Crippen LogP contribution in [0, 0.1) is 0 Å². The molecule has 0 aliphatic carbocycles. The van der Waals surface area contributed by atoms with E-state index in [-0.39, 0.29) is 11.4 Å². The summed E-state index contributed by atoms with van der Waals surface area (Å²) in [4.78, 5) is 26.6. The van der Waals surface area contributed by atoms with Crippen molar-refractivity contribution < 1.29 is 14.7 Å². The Morgan fingerprint density at radius 3 is 3.08 bits per heavy atom. The fourth-order valence-corrected chi connectivity index (χ4v) is 1.13. The zero-order chi connectivity index (χ0) is 8.97. The molecule has 1 aromatic heterocycles. The number of aromatic amines is 1. The van der Waals surface area contributed by atoms with E-state index in [0.717, 1.165) is 18.0 Å². The van der Waals surface area contributed by atoms with Crippen molar-refractivity contribution in [2.45, 2.75) is 5.16 Å². The highest BCUT2D eigenvalue weighted by Crippen LogP contribution is 2.11. The first-order chi connectivity index (χ1) is 5.74. The number of H-pyrrole nitrogens is 1. The molecule has 0 aliphatic heterocycles. The fraction of sp³-hybridized carbons (Fsp3) is 0.167.